The maximum absolute atomic E-state index is 14.0. The number of nitrogens with one attached hydrogen (secondary N) is 3. The summed E-state index contributed by atoms with van der Waals surface area (Å²) in [6, 6.07) is 16.4. The molecule has 3 N–H and O–H groups in total. The molecule has 33 heavy (non-hydrogen) atoms. The Morgan fingerprint density at radius 3 is 2.55 bits per heavy atom. The van der Waals surface area contributed by atoms with Gasteiger partial charge in [-0.2, -0.15) is 0 Å². The molecule has 7 nitrogen and oxygen atoms in total. The highest BCUT2D eigenvalue weighted by Gasteiger charge is 2.42. The minimum Gasteiger partial charge on any atom is -0.337 e. The van der Waals surface area contributed by atoms with Crippen LogP contribution in [0.1, 0.15) is 42.1 Å². The molecule has 0 spiro atoms. The number of imide groups is 1. The van der Waals surface area contributed by atoms with E-state index in [0.29, 0.717) is 18.5 Å². The fourth-order valence-corrected chi connectivity index (χ4v) is 4.02. The van der Waals surface area contributed by atoms with Crippen LogP contribution in [0.25, 0.3) is 0 Å². The Morgan fingerprint density at radius 2 is 1.85 bits per heavy atom. The molecule has 1 aliphatic rings. The van der Waals surface area contributed by atoms with E-state index in [4.69, 9.17) is 0 Å². The average molecular weight is 446 g/mol. The molecule has 168 valence electrons. The molecular formula is C25H23FN4O3. The van der Waals surface area contributed by atoms with Crippen LogP contribution in [0.2, 0.25) is 0 Å². The second kappa shape index (κ2) is 9.20. The highest BCUT2D eigenvalue weighted by atomic mass is 19.1. The fourth-order valence-electron chi connectivity index (χ4n) is 4.02. The molecule has 4 rings (SSSR count). The lowest BCUT2D eigenvalue weighted by Crippen LogP contribution is -2.51. The van der Waals surface area contributed by atoms with Crippen LogP contribution < -0.4 is 16.0 Å². The van der Waals surface area contributed by atoms with Crippen LogP contribution in [0.5, 0.6) is 0 Å². The third-order valence-electron chi connectivity index (χ3n) is 5.94. The van der Waals surface area contributed by atoms with Crippen LogP contribution in [0, 0.1) is 5.82 Å². The molecule has 1 saturated heterocycles. The lowest BCUT2D eigenvalue weighted by molar-refractivity contribution is -0.138. The van der Waals surface area contributed by atoms with Crippen LogP contribution in [0.15, 0.2) is 66.9 Å². The molecule has 1 aliphatic heterocycles. The number of halogens is 1. The number of anilines is 3. The van der Waals surface area contributed by atoms with Gasteiger partial charge in [0, 0.05) is 18.3 Å². The maximum atomic E-state index is 14.0. The van der Waals surface area contributed by atoms with Crippen LogP contribution in [0.3, 0.4) is 0 Å². The lowest BCUT2D eigenvalue weighted by atomic mass is 9.72. The topological polar surface area (TPSA) is 100 Å². The number of carbonyl (C=O) groups is 3. The van der Waals surface area contributed by atoms with Gasteiger partial charge < -0.3 is 10.6 Å². The van der Waals surface area contributed by atoms with Gasteiger partial charge in [-0.15, -0.1) is 0 Å². The molecule has 0 radical (unpaired) electrons. The van der Waals surface area contributed by atoms with Crippen molar-refractivity contribution in [2.45, 2.75) is 31.6 Å². The quantitative estimate of drug-likeness (QED) is 0.490. The van der Waals surface area contributed by atoms with Gasteiger partial charge in [0.25, 0.3) is 5.91 Å². The van der Waals surface area contributed by atoms with Gasteiger partial charge >= 0.3 is 0 Å². The van der Waals surface area contributed by atoms with E-state index in [1.54, 1.807) is 54.6 Å². The van der Waals surface area contributed by atoms with Crippen molar-refractivity contribution >= 4 is 34.9 Å². The Bertz CT molecular complexity index is 1210. The molecule has 0 aliphatic carbocycles. The van der Waals surface area contributed by atoms with Gasteiger partial charge in [0.2, 0.25) is 11.8 Å². The first-order valence-corrected chi connectivity index (χ1v) is 10.7. The van der Waals surface area contributed by atoms with Crippen molar-refractivity contribution in [2.24, 2.45) is 0 Å². The fraction of sp³-hybridized carbons (Fsp3) is 0.200. The average Bonchev–Trinajstić information content (AvgIpc) is 2.82. The van der Waals surface area contributed by atoms with Crippen LogP contribution >= 0.6 is 0 Å². The van der Waals surface area contributed by atoms with Crippen LogP contribution in [-0.4, -0.2) is 22.7 Å². The summed E-state index contributed by atoms with van der Waals surface area (Å²) in [4.78, 5) is 41.2. The van der Waals surface area contributed by atoms with Gasteiger partial charge in [-0.3, -0.25) is 19.7 Å². The molecule has 0 bridgehead atoms. The predicted octanol–water partition coefficient (Wildman–Crippen LogP) is 4.30. The van der Waals surface area contributed by atoms with E-state index < -0.39 is 17.1 Å². The number of benzene rings is 2. The van der Waals surface area contributed by atoms with Crippen molar-refractivity contribution in [1.29, 1.82) is 0 Å². The summed E-state index contributed by atoms with van der Waals surface area (Å²) >= 11 is 0. The van der Waals surface area contributed by atoms with E-state index in [1.165, 1.54) is 12.3 Å². The predicted molar refractivity (Wildman–Crippen MR) is 123 cm³/mol. The largest absolute Gasteiger partial charge is 0.337 e. The number of carbonyl (C=O) groups excluding carboxylic acids is 3. The van der Waals surface area contributed by atoms with Gasteiger partial charge in [-0.05, 0) is 54.8 Å². The zero-order chi connectivity index (χ0) is 23.4. The molecule has 2 aromatic carbocycles. The number of piperidine rings is 1. The number of amides is 3. The van der Waals surface area contributed by atoms with E-state index in [9.17, 15) is 18.8 Å². The Hall–Kier alpha value is -4.07. The van der Waals surface area contributed by atoms with Crippen LogP contribution in [0.4, 0.5) is 21.6 Å². The zero-order valence-electron chi connectivity index (χ0n) is 18.0. The van der Waals surface area contributed by atoms with E-state index in [2.05, 4.69) is 20.9 Å². The first kappa shape index (κ1) is 22.1. The molecule has 8 heteroatoms. The van der Waals surface area contributed by atoms with E-state index in [-0.39, 0.29) is 35.3 Å². The molecule has 1 aromatic heterocycles. The summed E-state index contributed by atoms with van der Waals surface area (Å²) in [5.41, 5.74) is 1.01. The van der Waals surface area contributed by atoms with Gasteiger partial charge in [-0.1, -0.05) is 31.2 Å². The second-order valence-corrected chi connectivity index (χ2v) is 7.85. The highest BCUT2D eigenvalue weighted by Crippen LogP contribution is 2.36. The van der Waals surface area contributed by atoms with Crippen molar-refractivity contribution in [3.05, 3.63) is 83.8 Å². The number of pyridine rings is 1. The molecule has 3 aromatic rings. The third kappa shape index (κ3) is 4.45. The summed E-state index contributed by atoms with van der Waals surface area (Å²) in [7, 11) is 0. The Labute approximate surface area is 190 Å². The molecule has 1 fully saturated rings. The summed E-state index contributed by atoms with van der Waals surface area (Å²) in [6.45, 7) is 1.91. The molecule has 3 amide bonds. The van der Waals surface area contributed by atoms with Crippen molar-refractivity contribution in [3.8, 4) is 0 Å². The van der Waals surface area contributed by atoms with Crippen molar-refractivity contribution in [1.82, 2.24) is 10.3 Å². The molecular weight excluding hydrogens is 423 g/mol. The van der Waals surface area contributed by atoms with Gasteiger partial charge in [0.05, 0.1) is 16.7 Å². The number of rotatable bonds is 6. The smallest absolute Gasteiger partial charge is 0.259 e. The first-order valence-electron chi connectivity index (χ1n) is 10.7. The lowest BCUT2D eigenvalue weighted by Gasteiger charge is -2.35. The van der Waals surface area contributed by atoms with Gasteiger partial charge in [-0.25, -0.2) is 9.37 Å². The van der Waals surface area contributed by atoms with Gasteiger partial charge in [0.15, 0.2) is 0 Å². The molecule has 1 atom stereocenters. The Kier molecular flexibility index (Phi) is 6.17. The SMILES string of the molecule is CCC1(c2ccc(NC(=O)c3cccnc3Nc3ccccc3F)cc2)CCC(=O)NC1=O. The third-order valence-corrected chi connectivity index (χ3v) is 5.94. The van der Waals surface area contributed by atoms with Crippen molar-refractivity contribution in [2.75, 3.05) is 10.6 Å². The number of aromatic nitrogens is 1. The highest BCUT2D eigenvalue weighted by molar-refractivity contribution is 6.08. The Morgan fingerprint density at radius 1 is 1.09 bits per heavy atom. The number of hydrogen-bond donors (Lipinski definition) is 3. The second-order valence-electron chi connectivity index (χ2n) is 7.85. The molecule has 2 heterocycles. The standard InChI is InChI=1S/C25H23FN4O3/c1-2-25(14-13-21(31)30-24(25)33)16-9-11-17(12-10-16)28-23(32)18-6-5-15-27-22(18)29-20-8-4-3-7-19(20)26/h3-12,15H,2,13-14H2,1H3,(H,27,29)(H,28,32)(H,30,31,33). The van der Waals surface area contributed by atoms with E-state index in [1.807, 2.05) is 6.92 Å². The van der Waals surface area contributed by atoms with E-state index in [0.717, 1.165) is 5.56 Å². The Balaban J connectivity index is 1.53. The van der Waals surface area contributed by atoms with E-state index >= 15 is 0 Å². The summed E-state index contributed by atoms with van der Waals surface area (Å²) in [6.07, 6.45) is 2.80. The number of para-hydroxylation sites is 1. The number of nitrogens with zero attached hydrogens (tertiary/aromatic N) is 1. The van der Waals surface area contributed by atoms with Crippen molar-refractivity contribution < 1.29 is 18.8 Å². The zero-order valence-corrected chi connectivity index (χ0v) is 18.0. The monoisotopic (exact) mass is 446 g/mol. The maximum Gasteiger partial charge on any atom is 0.259 e. The van der Waals surface area contributed by atoms with Crippen LogP contribution in [-0.2, 0) is 15.0 Å². The van der Waals surface area contributed by atoms with Crippen molar-refractivity contribution in [3.63, 3.8) is 0 Å². The number of hydrogen-bond acceptors (Lipinski definition) is 5. The first-order chi connectivity index (χ1) is 15.9. The summed E-state index contributed by atoms with van der Waals surface area (Å²) in [5, 5.41) is 8.10. The normalized spacial score (nSPS) is 17.9. The molecule has 0 saturated carbocycles. The van der Waals surface area contributed by atoms with Gasteiger partial charge in [0.1, 0.15) is 11.6 Å². The minimum atomic E-state index is -0.767. The summed E-state index contributed by atoms with van der Waals surface area (Å²) < 4.78 is 14.0. The minimum absolute atomic E-state index is 0.212. The molecule has 1 unspecified atom stereocenters. The summed E-state index contributed by atoms with van der Waals surface area (Å²) in [5.74, 6) is -1.20.